The Hall–Kier alpha value is -3.09. The minimum atomic E-state index is -0.545. The number of rotatable bonds is 2. The van der Waals surface area contributed by atoms with Crippen LogP contribution in [0.5, 0.6) is 0 Å². The summed E-state index contributed by atoms with van der Waals surface area (Å²) in [6.45, 7) is 0. The number of methoxy groups -OCH3 is 1. The fourth-order valence-corrected chi connectivity index (χ4v) is 2.13. The second-order valence-corrected chi connectivity index (χ2v) is 4.35. The van der Waals surface area contributed by atoms with E-state index in [9.17, 15) is 4.79 Å². The molecule has 0 unspecified atom stereocenters. The highest BCUT2D eigenvalue weighted by atomic mass is 16.5. The Labute approximate surface area is 119 Å². The summed E-state index contributed by atoms with van der Waals surface area (Å²) >= 11 is 0. The highest BCUT2D eigenvalue weighted by molar-refractivity contribution is 5.97. The van der Waals surface area contributed by atoms with Gasteiger partial charge in [0.25, 0.3) is 0 Å². The van der Waals surface area contributed by atoms with Gasteiger partial charge in [-0.2, -0.15) is 4.98 Å². The molecule has 106 valence electrons. The molecular weight excluding hydrogens is 272 g/mol. The first-order chi connectivity index (χ1) is 10.1. The number of nitrogens with two attached hydrogens (primary N) is 2. The summed E-state index contributed by atoms with van der Waals surface area (Å²) in [7, 11) is 1.30. The van der Waals surface area contributed by atoms with E-state index in [0.29, 0.717) is 16.5 Å². The predicted octanol–water partition coefficient (Wildman–Crippen LogP) is 1.84. The van der Waals surface area contributed by atoms with Gasteiger partial charge < -0.3 is 20.6 Å². The lowest BCUT2D eigenvalue weighted by Crippen LogP contribution is -2.02. The number of hydrogen-bond acceptors (Lipinski definition) is 7. The minimum absolute atomic E-state index is 0.117. The molecule has 0 spiro atoms. The fraction of sp³-hybridized carbons (Fsp3) is 0.0714. The van der Waals surface area contributed by atoms with Gasteiger partial charge in [0.1, 0.15) is 5.82 Å². The number of fused-ring (bicyclic) bond motifs is 1. The van der Waals surface area contributed by atoms with Crippen molar-refractivity contribution in [3.63, 3.8) is 0 Å². The number of hydrogen-bond donors (Lipinski definition) is 2. The maximum absolute atomic E-state index is 11.7. The van der Waals surface area contributed by atoms with Crippen LogP contribution in [0.25, 0.3) is 22.0 Å². The van der Waals surface area contributed by atoms with Crippen LogP contribution in [0.3, 0.4) is 0 Å². The molecule has 0 aliphatic rings. The number of aromatic nitrogens is 2. The molecule has 1 aromatic carbocycles. The van der Waals surface area contributed by atoms with Crippen LogP contribution in [0.2, 0.25) is 0 Å². The smallest absolute Gasteiger partial charge is 0.374 e. The van der Waals surface area contributed by atoms with E-state index >= 15 is 0 Å². The third-order valence-corrected chi connectivity index (χ3v) is 3.09. The van der Waals surface area contributed by atoms with Gasteiger partial charge in [-0.05, 0) is 23.8 Å². The molecule has 7 heteroatoms. The Morgan fingerprint density at radius 3 is 2.81 bits per heavy atom. The van der Waals surface area contributed by atoms with Crippen LogP contribution >= 0.6 is 0 Å². The summed E-state index contributed by atoms with van der Waals surface area (Å²) in [6, 6.07) is 7.02. The van der Waals surface area contributed by atoms with Crippen LogP contribution in [0.15, 0.2) is 34.9 Å². The van der Waals surface area contributed by atoms with Crippen LogP contribution in [0.4, 0.5) is 11.8 Å². The molecule has 0 saturated heterocycles. The molecule has 4 N–H and O–H groups in total. The van der Waals surface area contributed by atoms with Crippen molar-refractivity contribution >= 4 is 28.6 Å². The van der Waals surface area contributed by atoms with Crippen molar-refractivity contribution in [2.75, 3.05) is 18.6 Å². The lowest BCUT2D eigenvalue weighted by Gasteiger charge is -2.06. The quantitative estimate of drug-likeness (QED) is 0.689. The van der Waals surface area contributed by atoms with E-state index in [1.165, 1.54) is 13.4 Å². The van der Waals surface area contributed by atoms with Crippen LogP contribution in [0, 0.1) is 0 Å². The average molecular weight is 284 g/mol. The first-order valence-electron chi connectivity index (χ1n) is 6.09. The Bertz CT molecular complexity index is 841. The monoisotopic (exact) mass is 284 g/mol. The van der Waals surface area contributed by atoms with E-state index in [2.05, 4.69) is 14.7 Å². The van der Waals surface area contributed by atoms with Gasteiger partial charge in [0.05, 0.1) is 18.9 Å². The van der Waals surface area contributed by atoms with E-state index in [1.807, 2.05) is 0 Å². The lowest BCUT2D eigenvalue weighted by molar-refractivity contribution is 0.0566. The van der Waals surface area contributed by atoms with Crippen LogP contribution in [-0.4, -0.2) is 23.0 Å². The maximum atomic E-state index is 11.7. The third kappa shape index (κ3) is 2.14. The van der Waals surface area contributed by atoms with Crippen molar-refractivity contribution in [2.45, 2.75) is 0 Å². The summed E-state index contributed by atoms with van der Waals surface area (Å²) in [4.78, 5) is 19.7. The molecule has 0 radical (unpaired) electrons. The Kier molecular flexibility index (Phi) is 2.94. The van der Waals surface area contributed by atoms with Gasteiger partial charge in [-0.15, -0.1) is 0 Å². The summed E-state index contributed by atoms with van der Waals surface area (Å²) in [5.41, 5.74) is 13.4. The summed E-state index contributed by atoms with van der Waals surface area (Å²) in [5.74, 6) is -0.0165. The number of carbonyl (C=O) groups is 1. The standard InChI is InChI=1S/C14H12N4O3/c1-20-13(19)11-8(4-5-21-11)7-2-3-10-9(6-7)12(15)18-14(16)17-10/h2-6H,1H3,(H4,15,16,17,18). The molecular formula is C14H12N4O3. The molecule has 21 heavy (non-hydrogen) atoms. The molecule has 2 aromatic heterocycles. The first kappa shape index (κ1) is 12.9. The third-order valence-electron chi connectivity index (χ3n) is 3.09. The highest BCUT2D eigenvalue weighted by Gasteiger charge is 2.18. The molecule has 0 bridgehead atoms. The van der Waals surface area contributed by atoms with E-state index in [0.717, 1.165) is 5.56 Å². The van der Waals surface area contributed by atoms with E-state index < -0.39 is 5.97 Å². The summed E-state index contributed by atoms with van der Waals surface area (Å²) < 4.78 is 9.86. The Balaban J connectivity index is 2.18. The highest BCUT2D eigenvalue weighted by Crippen LogP contribution is 2.29. The summed E-state index contributed by atoms with van der Waals surface area (Å²) in [6.07, 6.45) is 1.43. The van der Waals surface area contributed by atoms with E-state index in [4.69, 9.17) is 15.9 Å². The number of furan rings is 1. The largest absolute Gasteiger partial charge is 0.463 e. The van der Waals surface area contributed by atoms with Crippen molar-refractivity contribution in [2.24, 2.45) is 0 Å². The summed E-state index contributed by atoms with van der Waals surface area (Å²) in [5, 5.41) is 0.652. The van der Waals surface area contributed by atoms with Gasteiger partial charge in [0, 0.05) is 10.9 Å². The first-order valence-corrected chi connectivity index (χ1v) is 6.09. The second-order valence-electron chi connectivity index (χ2n) is 4.35. The van der Waals surface area contributed by atoms with E-state index in [-0.39, 0.29) is 17.5 Å². The number of carbonyl (C=O) groups excluding carboxylic acids is 1. The van der Waals surface area contributed by atoms with Crippen molar-refractivity contribution in [3.8, 4) is 11.1 Å². The van der Waals surface area contributed by atoms with Crippen LogP contribution < -0.4 is 11.5 Å². The van der Waals surface area contributed by atoms with Crippen molar-refractivity contribution < 1.29 is 13.9 Å². The van der Waals surface area contributed by atoms with Gasteiger partial charge in [0.15, 0.2) is 0 Å². The van der Waals surface area contributed by atoms with E-state index in [1.54, 1.807) is 24.3 Å². The van der Waals surface area contributed by atoms with Gasteiger partial charge in [-0.1, -0.05) is 6.07 Å². The van der Waals surface area contributed by atoms with Crippen molar-refractivity contribution in [3.05, 3.63) is 36.3 Å². The SMILES string of the molecule is COC(=O)c1occc1-c1ccc2nc(N)nc(N)c2c1. The zero-order valence-electron chi connectivity index (χ0n) is 11.2. The van der Waals surface area contributed by atoms with Gasteiger partial charge in [-0.3, -0.25) is 0 Å². The Morgan fingerprint density at radius 2 is 2.05 bits per heavy atom. The molecule has 0 atom stereocenters. The average Bonchev–Trinajstić information content (AvgIpc) is 2.95. The normalized spacial score (nSPS) is 10.7. The number of nitrogen functional groups attached to an aromatic ring is 2. The van der Waals surface area contributed by atoms with Crippen molar-refractivity contribution in [1.29, 1.82) is 0 Å². The predicted molar refractivity (Wildman–Crippen MR) is 77.4 cm³/mol. The van der Waals surface area contributed by atoms with Crippen LogP contribution in [0.1, 0.15) is 10.6 Å². The number of anilines is 2. The zero-order valence-corrected chi connectivity index (χ0v) is 11.2. The number of esters is 1. The number of ether oxygens (including phenoxy) is 1. The second kappa shape index (κ2) is 4.78. The van der Waals surface area contributed by atoms with Gasteiger partial charge >= 0.3 is 5.97 Å². The number of nitrogens with zero attached hydrogens (tertiary/aromatic N) is 2. The topological polar surface area (TPSA) is 117 Å². The zero-order chi connectivity index (χ0) is 15.0. The molecule has 0 amide bonds. The molecule has 2 heterocycles. The lowest BCUT2D eigenvalue weighted by atomic mass is 10.0. The Morgan fingerprint density at radius 1 is 1.24 bits per heavy atom. The molecule has 3 rings (SSSR count). The fourth-order valence-electron chi connectivity index (χ4n) is 2.13. The number of benzene rings is 1. The maximum Gasteiger partial charge on any atom is 0.374 e. The van der Waals surface area contributed by atoms with Gasteiger partial charge in [-0.25, -0.2) is 9.78 Å². The van der Waals surface area contributed by atoms with Crippen molar-refractivity contribution in [1.82, 2.24) is 9.97 Å². The molecule has 0 saturated carbocycles. The van der Waals surface area contributed by atoms with Crippen LogP contribution in [-0.2, 0) is 4.74 Å². The molecule has 3 aromatic rings. The minimum Gasteiger partial charge on any atom is -0.463 e. The molecule has 0 aliphatic carbocycles. The molecule has 7 nitrogen and oxygen atoms in total. The molecule has 0 aliphatic heterocycles. The molecule has 0 fully saturated rings. The van der Waals surface area contributed by atoms with Gasteiger partial charge in [0.2, 0.25) is 11.7 Å².